The average molecular weight is 373 g/mol. The number of benzene rings is 2. The van der Waals surface area contributed by atoms with E-state index in [1.165, 1.54) is 0 Å². The van der Waals surface area contributed by atoms with E-state index < -0.39 is 0 Å². The van der Waals surface area contributed by atoms with Gasteiger partial charge in [0, 0.05) is 40.7 Å². The summed E-state index contributed by atoms with van der Waals surface area (Å²) in [5.41, 5.74) is 3.68. The molecular weight excluding hydrogens is 354 g/mol. The van der Waals surface area contributed by atoms with Crippen LogP contribution in [0.2, 0.25) is 0 Å². The highest BCUT2D eigenvalue weighted by Gasteiger charge is 2.16. The maximum atomic E-state index is 10.4. The van der Waals surface area contributed by atoms with Crippen LogP contribution in [0.1, 0.15) is 18.1 Å². The Bertz CT molecular complexity index is 1150. The van der Waals surface area contributed by atoms with Gasteiger partial charge in [-0.2, -0.15) is 0 Å². The molecule has 4 aromatic rings. The first kappa shape index (κ1) is 17.6. The van der Waals surface area contributed by atoms with Crippen molar-refractivity contribution in [2.75, 3.05) is 0 Å². The molecule has 0 aliphatic heterocycles. The third-order valence-corrected chi connectivity index (χ3v) is 4.56. The quantitative estimate of drug-likeness (QED) is 0.384. The van der Waals surface area contributed by atoms with Gasteiger partial charge in [-0.15, -0.1) is 0 Å². The van der Waals surface area contributed by atoms with Crippen LogP contribution in [0.5, 0.6) is 17.4 Å². The Morgan fingerprint density at radius 1 is 1.14 bits per heavy atom. The molecule has 140 valence electrons. The van der Waals surface area contributed by atoms with Gasteiger partial charge in [0.05, 0.1) is 11.1 Å². The van der Waals surface area contributed by atoms with Crippen LogP contribution in [-0.2, 0) is 6.61 Å². The first-order valence-electron chi connectivity index (χ1n) is 8.78. The van der Waals surface area contributed by atoms with E-state index in [0.717, 1.165) is 11.1 Å². The van der Waals surface area contributed by atoms with Crippen molar-refractivity contribution in [1.29, 1.82) is 5.41 Å². The smallest absolute Gasteiger partial charge is 0.198 e. The molecule has 4 rings (SSSR count). The monoisotopic (exact) mass is 373 g/mol. The number of aromatic amines is 1. The van der Waals surface area contributed by atoms with Crippen LogP contribution in [0, 0.1) is 5.41 Å². The molecular formula is C22H19N3O3. The molecule has 2 heterocycles. The normalized spacial score (nSPS) is 10.9. The summed E-state index contributed by atoms with van der Waals surface area (Å²) in [5, 5.41) is 29.1. The number of fused-ring (bicyclic) bond motifs is 1. The van der Waals surface area contributed by atoms with Crippen LogP contribution in [0.25, 0.3) is 22.0 Å². The lowest BCUT2D eigenvalue weighted by Gasteiger charge is -2.09. The first-order chi connectivity index (χ1) is 13.5. The summed E-state index contributed by atoms with van der Waals surface area (Å²) in [5.74, 6) is 0.730. The number of H-pyrrole nitrogens is 1. The highest BCUT2D eigenvalue weighted by Crippen LogP contribution is 2.37. The topological polar surface area (TPSA) is 102 Å². The Labute approximate surface area is 161 Å². The molecule has 0 fully saturated rings. The molecule has 2 aromatic carbocycles. The van der Waals surface area contributed by atoms with Crippen LogP contribution in [0.15, 0.2) is 60.9 Å². The van der Waals surface area contributed by atoms with E-state index in [-0.39, 0.29) is 17.3 Å². The Morgan fingerprint density at radius 2 is 1.93 bits per heavy atom. The van der Waals surface area contributed by atoms with Crippen LogP contribution >= 0.6 is 0 Å². The number of aromatic nitrogens is 2. The molecule has 2 aromatic heterocycles. The maximum absolute atomic E-state index is 10.4. The molecule has 0 spiro atoms. The zero-order chi connectivity index (χ0) is 19.7. The highest BCUT2D eigenvalue weighted by atomic mass is 16.5. The van der Waals surface area contributed by atoms with Crippen molar-refractivity contribution in [3.8, 4) is 28.5 Å². The van der Waals surface area contributed by atoms with E-state index in [2.05, 4.69) is 9.97 Å². The molecule has 0 amide bonds. The summed E-state index contributed by atoms with van der Waals surface area (Å²) in [4.78, 5) is 6.86. The van der Waals surface area contributed by atoms with Crippen molar-refractivity contribution in [2.45, 2.75) is 13.5 Å². The molecule has 0 aliphatic rings. The summed E-state index contributed by atoms with van der Waals surface area (Å²) in [6, 6.07) is 14.6. The lowest BCUT2D eigenvalue weighted by atomic mass is 10.00. The van der Waals surface area contributed by atoms with Crippen LogP contribution in [-0.4, -0.2) is 25.9 Å². The van der Waals surface area contributed by atoms with Gasteiger partial charge in [0.25, 0.3) is 0 Å². The molecule has 0 radical (unpaired) electrons. The summed E-state index contributed by atoms with van der Waals surface area (Å²) < 4.78 is 5.77. The van der Waals surface area contributed by atoms with Gasteiger partial charge in [0.15, 0.2) is 5.88 Å². The first-order valence-corrected chi connectivity index (χ1v) is 8.78. The minimum absolute atomic E-state index is 0.0711. The van der Waals surface area contributed by atoms with Gasteiger partial charge in [-0.05, 0) is 36.8 Å². The number of pyridine rings is 1. The number of aromatic hydroxyl groups is 2. The molecule has 4 N–H and O–H groups in total. The van der Waals surface area contributed by atoms with Crippen molar-refractivity contribution < 1.29 is 14.9 Å². The number of nitrogens with zero attached hydrogens (tertiary/aromatic N) is 1. The second-order valence-electron chi connectivity index (χ2n) is 6.56. The highest BCUT2D eigenvalue weighted by molar-refractivity contribution is 6.11. The fourth-order valence-electron chi connectivity index (χ4n) is 3.21. The Kier molecular flexibility index (Phi) is 4.45. The van der Waals surface area contributed by atoms with Gasteiger partial charge in [-0.1, -0.05) is 18.2 Å². The molecule has 28 heavy (non-hydrogen) atoms. The van der Waals surface area contributed by atoms with Crippen molar-refractivity contribution in [3.63, 3.8) is 0 Å². The summed E-state index contributed by atoms with van der Waals surface area (Å²) in [7, 11) is 0. The Balaban J connectivity index is 1.63. The number of rotatable bonds is 5. The molecule has 0 saturated heterocycles. The predicted molar refractivity (Wildman–Crippen MR) is 108 cm³/mol. The van der Waals surface area contributed by atoms with Gasteiger partial charge in [0.1, 0.15) is 18.1 Å². The van der Waals surface area contributed by atoms with E-state index in [1.807, 2.05) is 36.4 Å². The van der Waals surface area contributed by atoms with E-state index in [9.17, 15) is 10.2 Å². The predicted octanol–water partition coefficient (Wildman–Crippen LogP) is 4.61. The van der Waals surface area contributed by atoms with E-state index in [0.29, 0.717) is 34.4 Å². The third kappa shape index (κ3) is 3.27. The van der Waals surface area contributed by atoms with Gasteiger partial charge in [0.2, 0.25) is 0 Å². The minimum atomic E-state index is -0.0711. The van der Waals surface area contributed by atoms with Crippen LogP contribution < -0.4 is 4.74 Å². The largest absolute Gasteiger partial charge is 0.507 e. The number of hydrogen-bond acceptors (Lipinski definition) is 5. The fraction of sp³-hybridized carbons (Fsp3) is 0.0909. The Hall–Kier alpha value is -3.80. The van der Waals surface area contributed by atoms with Crippen LogP contribution in [0.4, 0.5) is 0 Å². The van der Waals surface area contributed by atoms with Gasteiger partial charge in [-0.3, -0.25) is 4.98 Å². The zero-order valence-electron chi connectivity index (χ0n) is 15.2. The van der Waals surface area contributed by atoms with Crippen molar-refractivity contribution in [1.82, 2.24) is 9.97 Å². The lowest BCUT2D eigenvalue weighted by Crippen LogP contribution is -1.95. The number of hydrogen-bond donors (Lipinski definition) is 4. The van der Waals surface area contributed by atoms with E-state index in [1.54, 1.807) is 31.5 Å². The van der Waals surface area contributed by atoms with E-state index in [4.69, 9.17) is 10.1 Å². The number of phenols is 1. The summed E-state index contributed by atoms with van der Waals surface area (Å²) in [6.45, 7) is 2.04. The SMILES string of the molecule is CC(=N)c1c(O)[nH]c2cc(O)c(-c3ccc(OCc4cccnc4)cc3)cc12. The van der Waals surface area contributed by atoms with Gasteiger partial charge < -0.3 is 25.3 Å². The Morgan fingerprint density at radius 3 is 2.61 bits per heavy atom. The summed E-state index contributed by atoms with van der Waals surface area (Å²) in [6.07, 6.45) is 3.48. The van der Waals surface area contributed by atoms with Crippen molar-refractivity contribution >= 4 is 16.6 Å². The van der Waals surface area contributed by atoms with E-state index >= 15 is 0 Å². The molecule has 0 atom stereocenters. The van der Waals surface area contributed by atoms with Crippen LogP contribution in [0.3, 0.4) is 0 Å². The van der Waals surface area contributed by atoms with Crippen molar-refractivity contribution in [2.24, 2.45) is 0 Å². The second-order valence-corrected chi connectivity index (χ2v) is 6.56. The lowest BCUT2D eigenvalue weighted by molar-refractivity contribution is 0.306. The minimum Gasteiger partial charge on any atom is -0.507 e. The van der Waals surface area contributed by atoms with Gasteiger partial charge >= 0.3 is 0 Å². The second kappa shape index (κ2) is 7.08. The summed E-state index contributed by atoms with van der Waals surface area (Å²) >= 11 is 0. The molecule has 6 nitrogen and oxygen atoms in total. The van der Waals surface area contributed by atoms with Crippen molar-refractivity contribution in [3.05, 3.63) is 72.1 Å². The molecule has 0 saturated carbocycles. The molecule has 0 bridgehead atoms. The number of phenolic OH excluding ortho intramolecular Hbond substituents is 1. The molecule has 0 aliphatic carbocycles. The molecule has 6 heteroatoms. The standard InChI is InChI=1S/C22H19N3O3/c1-13(23)21-18-9-17(20(26)10-19(18)25-22(21)27)15-4-6-16(7-5-15)28-12-14-3-2-8-24-11-14/h2-11,23,25-27H,12H2,1H3. The average Bonchev–Trinajstić information content (AvgIpc) is 3.01. The number of nitrogens with one attached hydrogen (secondary N) is 2. The molecule has 0 unspecified atom stereocenters. The fourth-order valence-corrected chi connectivity index (χ4v) is 3.21. The number of ether oxygens (including phenoxy) is 1. The van der Waals surface area contributed by atoms with Gasteiger partial charge in [-0.25, -0.2) is 0 Å². The zero-order valence-corrected chi connectivity index (χ0v) is 15.2. The maximum Gasteiger partial charge on any atom is 0.198 e. The third-order valence-electron chi connectivity index (χ3n) is 4.56.